The van der Waals surface area contributed by atoms with E-state index in [0.29, 0.717) is 6.54 Å². The van der Waals surface area contributed by atoms with Crippen molar-refractivity contribution in [2.24, 2.45) is 0 Å². The molecule has 0 spiro atoms. The summed E-state index contributed by atoms with van der Waals surface area (Å²) in [6.07, 6.45) is 6.97. The summed E-state index contributed by atoms with van der Waals surface area (Å²) in [5, 5.41) is 11.7. The van der Waals surface area contributed by atoms with Crippen LogP contribution in [0.4, 0.5) is 0 Å². The molecule has 1 amide bonds. The Morgan fingerprint density at radius 3 is 2.52 bits per heavy atom. The van der Waals surface area contributed by atoms with Crippen molar-refractivity contribution in [1.29, 1.82) is 0 Å². The molecule has 5 rings (SSSR count). The standard InChI is InChI=1S/C25H30N6O2/c32-25(29-13-6-1-2-7-14-29)24-16-21(31-19-26-27-28-31)18-30(24)17-20-9-8-12-23(15-20)33-22-10-4-3-5-11-22/h3-5,8-12,15,19,21,24H,1-2,6-7,13-14,16-18H2/t21-,24+/m1/s1. The van der Waals surface area contributed by atoms with Crippen LogP contribution in [0.3, 0.4) is 0 Å². The van der Waals surface area contributed by atoms with Crippen LogP contribution in [0, 0.1) is 0 Å². The Balaban J connectivity index is 1.34. The second-order valence-electron chi connectivity index (χ2n) is 8.93. The van der Waals surface area contributed by atoms with E-state index in [9.17, 15) is 4.79 Å². The Morgan fingerprint density at radius 2 is 1.76 bits per heavy atom. The molecule has 2 atom stereocenters. The van der Waals surface area contributed by atoms with E-state index in [1.807, 2.05) is 42.5 Å². The molecule has 2 aromatic carbocycles. The van der Waals surface area contributed by atoms with Crippen LogP contribution >= 0.6 is 0 Å². The van der Waals surface area contributed by atoms with Gasteiger partial charge in [0, 0.05) is 26.2 Å². The van der Waals surface area contributed by atoms with Gasteiger partial charge in [-0.1, -0.05) is 43.2 Å². The van der Waals surface area contributed by atoms with E-state index in [4.69, 9.17) is 4.74 Å². The number of amides is 1. The van der Waals surface area contributed by atoms with Crippen LogP contribution in [-0.4, -0.2) is 61.6 Å². The van der Waals surface area contributed by atoms with Gasteiger partial charge in [0.25, 0.3) is 0 Å². The van der Waals surface area contributed by atoms with Crippen LogP contribution in [-0.2, 0) is 11.3 Å². The Kier molecular flexibility index (Phi) is 6.62. The predicted molar refractivity (Wildman–Crippen MR) is 124 cm³/mol. The molecule has 2 aliphatic rings. The zero-order valence-electron chi connectivity index (χ0n) is 18.8. The second kappa shape index (κ2) is 10.1. The number of tetrazole rings is 1. The van der Waals surface area contributed by atoms with Crippen LogP contribution in [0.2, 0.25) is 0 Å². The van der Waals surface area contributed by atoms with Crippen LogP contribution in [0.1, 0.15) is 43.7 Å². The molecule has 3 heterocycles. The van der Waals surface area contributed by atoms with Gasteiger partial charge < -0.3 is 9.64 Å². The lowest BCUT2D eigenvalue weighted by atomic mass is 10.1. The van der Waals surface area contributed by atoms with Crippen molar-refractivity contribution in [3.05, 3.63) is 66.5 Å². The van der Waals surface area contributed by atoms with Crippen LogP contribution < -0.4 is 4.74 Å². The lowest BCUT2D eigenvalue weighted by molar-refractivity contribution is -0.136. The average Bonchev–Trinajstić information content (AvgIpc) is 3.43. The molecule has 172 valence electrons. The molecule has 2 saturated heterocycles. The zero-order valence-corrected chi connectivity index (χ0v) is 18.8. The highest BCUT2D eigenvalue weighted by Crippen LogP contribution is 2.31. The van der Waals surface area contributed by atoms with Crippen molar-refractivity contribution in [1.82, 2.24) is 30.0 Å². The number of nitrogens with zero attached hydrogens (tertiary/aromatic N) is 6. The molecule has 8 heteroatoms. The summed E-state index contributed by atoms with van der Waals surface area (Å²) in [5.41, 5.74) is 1.12. The molecule has 1 aromatic heterocycles. The Bertz CT molecular complexity index is 1030. The quantitative estimate of drug-likeness (QED) is 0.575. The van der Waals surface area contributed by atoms with Crippen molar-refractivity contribution in [3.8, 4) is 11.5 Å². The van der Waals surface area contributed by atoms with E-state index in [0.717, 1.165) is 56.0 Å². The molecule has 0 N–H and O–H groups in total. The fraction of sp³-hybridized carbons (Fsp3) is 0.440. The molecule has 2 fully saturated rings. The highest BCUT2D eigenvalue weighted by atomic mass is 16.5. The number of aromatic nitrogens is 4. The Morgan fingerprint density at radius 1 is 0.970 bits per heavy atom. The number of hydrogen-bond acceptors (Lipinski definition) is 6. The smallest absolute Gasteiger partial charge is 0.240 e. The lowest BCUT2D eigenvalue weighted by Gasteiger charge is -2.29. The number of benzene rings is 2. The average molecular weight is 447 g/mol. The number of likely N-dealkylation sites (tertiary alicyclic amines) is 2. The third-order valence-corrected chi connectivity index (χ3v) is 6.59. The normalized spacial score (nSPS) is 21.6. The molecule has 3 aromatic rings. The molecule has 8 nitrogen and oxygen atoms in total. The topological polar surface area (TPSA) is 76.4 Å². The van der Waals surface area contributed by atoms with Gasteiger partial charge in [-0.05, 0) is 59.5 Å². The van der Waals surface area contributed by atoms with Gasteiger partial charge in [-0.25, -0.2) is 4.68 Å². The van der Waals surface area contributed by atoms with Crippen molar-refractivity contribution < 1.29 is 9.53 Å². The molecule has 0 unspecified atom stereocenters. The van der Waals surface area contributed by atoms with E-state index in [-0.39, 0.29) is 18.0 Å². The third-order valence-electron chi connectivity index (χ3n) is 6.59. The number of carbonyl (C=O) groups excluding carboxylic acids is 1. The molecule has 0 radical (unpaired) electrons. The zero-order chi connectivity index (χ0) is 22.5. The van der Waals surface area contributed by atoms with E-state index < -0.39 is 0 Å². The van der Waals surface area contributed by atoms with E-state index >= 15 is 0 Å². The van der Waals surface area contributed by atoms with E-state index in [1.165, 1.54) is 12.8 Å². The van der Waals surface area contributed by atoms with Crippen molar-refractivity contribution in [3.63, 3.8) is 0 Å². The van der Waals surface area contributed by atoms with Gasteiger partial charge in [0.05, 0.1) is 12.1 Å². The second-order valence-corrected chi connectivity index (χ2v) is 8.93. The van der Waals surface area contributed by atoms with Crippen LogP contribution in [0.15, 0.2) is 60.9 Å². The van der Waals surface area contributed by atoms with Gasteiger partial charge in [0.15, 0.2) is 0 Å². The van der Waals surface area contributed by atoms with Crippen molar-refractivity contribution in [2.45, 2.75) is 50.7 Å². The first kappa shape index (κ1) is 21.6. The molecular weight excluding hydrogens is 416 g/mol. The van der Waals surface area contributed by atoms with Gasteiger partial charge in [-0.2, -0.15) is 0 Å². The van der Waals surface area contributed by atoms with Gasteiger partial charge in [0.1, 0.15) is 17.8 Å². The first-order valence-electron chi connectivity index (χ1n) is 11.8. The first-order valence-corrected chi connectivity index (χ1v) is 11.8. The summed E-state index contributed by atoms with van der Waals surface area (Å²) in [7, 11) is 0. The van der Waals surface area contributed by atoms with Crippen molar-refractivity contribution in [2.75, 3.05) is 19.6 Å². The molecule has 0 bridgehead atoms. The van der Waals surface area contributed by atoms with Gasteiger partial charge in [-0.3, -0.25) is 9.69 Å². The van der Waals surface area contributed by atoms with E-state index in [1.54, 1.807) is 11.0 Å². The summed E-state index contributed by atoms with van der Waals surface area (Å²) >= 11 is 0. The summed E-state index contributed by atoms with van der Waals surface area (Å²) < 4.78 is 7.81. The van der Waals surface area contributed by atoms with Gasteiger partial charge in [0.2, 0.25) is 5.91 Å². The van der Waals surface area contributed by atoms with Crippen LogP contribution in [0.5, 0.6) is 11.5 Å². The van der Waals surface area contributed by atoms with E-state index in [2.05, 4.69) is 37.5 Å². The highest BCUT2D eigenvalue weighted by Gasteiger charge is 2.40. The minimum absolute atomic E-state index is 0.0877. The summed E-state index contributed by atoms with van der Waals surface area (Å²) in [6.45, 7) is 3.13. The SMILES string of the molecule is O=C([C@@H]1C[C@@H](n2cnnn2)CN1Cc1cccc(Oc2ccccc2)c1)N1CCCCCC1. The lowest BCUT2D eigenvalue weighted by Crippen LogP contribution is -2.45. The van der Waals surface area contributed by atoms with Crippen LogP contribution in [0.25, 0.3) is 0 Å². The number of rotatable bonds is 6. The molecule has 0 saturated carbocycles. The largest absolute Gasteiger partial charge is 0.457 e. The predicted octanol–water partition coefficient (Wildman–Crippen LogP) is 3.68. The maximum atomic E-state index is 13.6. The number of carbonyl (C=O) groups is 1. The summed E-state index contributed by atoms with van der Waals surface area (Å²) in [4.78, 5) is 17.9. The minimum atomic E-state index is -0.170. The third kappa shape index (κ3) is 5.22. The maximum absolute atomic E-state index is 13.6. The molecule has 2 aliphatic heterocycles. The maximum Gasteiger partial charge on any atom is 0.240 e. The summed E-state index contributed by atoms with van der Waals surface area (Å²) in [6, 6.07) is 17.8. The monoisotopic (exact) mass is 446 g/mol. The number of hydrogen-bond donors (Lipinski definition) is 0. The van der Waals surface area contributed by atoms with Gasteiger partial charge >= 0.3 is 0 Å². The van der Waals surface area contributed by atoms with Crippen molar-refractivity contribution >= 4 is 5.91 Å². The Hall–Kier alpha value is -3.26. The summed E-state index contributed by atoms with van der Waals surface area (Å²) in [5.74, 6) is 1.85. The molecule has 33 heavy (non-hydrogen) atoms. The minimum Gasteiger partial charge on any atom is -0.457 e. The molecule has 0 aliphatic carbocycles. The fourth-order valence-corrected chi connectivity index (χ4v) is 4.91. The highest BCUT2D eigenvalue weighted by molar-refractivity contribution is 5.82. The Labute approximate surface area is 194 Å². The molecular formula is C25H30N6O2. The number of ether oxygens (including phenoxy) is 1. The fourth-order valence-electron chi connectivity index (χ4n) is 4.91. The number of para-hydroxylation sites is 1. The first-order chi connectivity index (χ1) is 16.3. The van der Waals surface area contributed by atoms with Gasteiger partial charge in [-0.15, -0.1) is 5.10 Å².